The van der Waals surface area contributed by atoms with Crippen LogP contribution in [0.1, 0.15) is 30.0 Å². The van der Waals surface area contributed by atoms with Crippen LogP contribution in [0.2, 0.25) is 0 Å². The molecule has 0 saturated carbocycles. The summed E-state index contributed by atoms with van der Waals surface area (Å²) in [5.41, 5.74) is 5.07. The van der Waals surface area contributed by atoms with Crippen molar-refractivity contribution < 1.29 is 22.6 Å². The number of nitrogens with zero attached hydrogens (tertiary/aromatic N) is 1. The Morgan fingerprint density at radius 2 is 1.30 bits per heavy atom. The van der Waals surface area contributed by atoms with Crippen molar-refractivity contribution in [1.29, 1.82) is 0 Å². The largest absolute Gasteiger partial charge is 0.573 e. The molecule has 1 aliphatic heterocycles. The van der Waals surface area contributed by atoms with Crippen LogP contribution in [-0.4, -0.2) is 19.2 Å². The Balaban J connectivity index is 1.46. The Morgan fingerprint density at radius 1 is 0.767 bits per heavy atom. The van der Waals surface area contributed by atoms with Crippen LogP contribution in [-0.2, 0) is 0 Å². The predicted molar refractivity (Wildman–Crippen MR) is 110 cm³/mol. The third kappa shape index (κ3) is 4.64. The number of benzene rings is 3. The molecule has 1 atom stereocenters. The minimum Gasteiger partial charge on any atom is -0.497 e. The number of aliphatic imine (C=N–C) groups is 1. The fourth-order valence-electron chi connectivity index (χ4n) is 3.58. The van der Waals surface area contributed by atoms with Gasteiger partial charge in [-0.1, -0.05) is 36.4 Å². The highest BCUT2D eigenvalue weighted by Gasteiger charge is 2.31. The van der Waals surface area contributed by atoms with Gasteiger partial charge in [-0.25, -0.2) is 0 Å². The first-order valence-corrected chi connectivity index (χ1v) is 9.58. The SMILES string of the molecule is COc1ccc(C2=NC(c3ccc(-c4ccc(OC(F)(F)F)cc4)cc3)CC2)cc1. The van der Waals surface area contributed by atoms with E-state index in [-0.39, 0.29) is 11.8 Å². The number of halogens is 3. The molecule has 3 aromatic rings. The first-order chi connectivity index (χ1) is 14.4. The number of hydrogen-bond acceptors (Lipinski definition) is 3. The molecule has 1 aliphatic rings. The van der Waals surface area contributed by atoms with E-state index >= 15 is 0 Å². The molecule has 3 nitrogen and oxygen atoms in total. The van der Waals surface area contributed by atoms with Gasteiger partial charge >= 0.3 is 6.36 Å². The second-order valence-electron chi connectivity index (χ2n) is 7.05. The maximum Gasteiger partial charge on any atom is 0.573 e. The first kappa shape index (κ1) is 20.0. The zero-order valence-electron chi connectivity index (χ0n) is 16.3. The number of ether oxygens (including phenoxy) is 2. The van der Waals surface area contributed by atoms with Crippen molar-refractivity contribution in [3.8, 4) is 22.6 Å². The maximum atomic E-state index is 12.3. The molecule has 3 aromatic carbocycles. The quantitative estimate of drug-likeness (QED) is 0.474. The highest BCUT2D eigenvalue weighted by molar-refractivity contribution is 6.01. The van der Waals surface area contributed by atoms with Crippen LogP contribution in [0.5, 0.6) is 11.5 Å². The lowest BCUT2D eigenvalue weighted by Gasteiger charge is -2.10. The molecule has 30 heavy (non-hydrogen) atoms. The van der Waals surface area contributed by atoms with Gasteiger partial charge in [0.25, 0.3) is 0 Å². The molecule has 0 fully saturated rings. The molecule has 0 radical (unpaired) electrons. The van der Waals surface area contributed by atoms with Gasteiger partial charge in [0.15, 0.2) is 0 Å². The van der Waals surface area contributed by atoms with Gasteiger partial charge in [0.1, 0.15) is 11.5 Å². The lowest BCUT2D eigenvalue weighted by molar-refractivity contribution is -0.274. The normalized spacial score (nSPS) is 16.3. The summed E-state index contributed by atoms with van der Waals surface area (Å²) in [5, 5.41) is 0. The highest BCUT2D eigenvalue weighted by Crippen LogP contribution is 2.33. The molecule has 0 bridgehead atoms. The third-order valence-corrected chi connectivity index (χ3v) is 5.11. The average Bonchev–Trinajstić information content (AvgIpc) is 3.24. The van der Waals surface area contributed by atoms with Crippen LogP contribution in [0.25, 0.3) is 11.1 Å². The number of alkyl halides is 3. The Bertz CT molecular complexity index is 1020. The van der Waals surface area contributed by atoms with Crippen LogP contribution in [0.3, 0.4) is 0 Å². The molecular weight excluding hydrogens is 391 g/mol. The fraction of sp³-hybridized carbons (Fsp3) is 0.208. The zero-order valence-corrected chi connectivity index (χ0v) is 16.3. The van der Waals surface area contributed by atoms with Crippen molar-refractivity contribution in [2.24, 2.45) is 4.99 Å². The average molecular weight is 411 g/mol. The lowest BCUT2D eigenvalue weighted by atomic mass is 9.99. The van der Waals surface area contributed by atoms with E-state index in [0.29, 0.717) is 0 Å². The molecule has 0 N–H and O–H groups in total. The summed E-state index contributed by atoms with van der Waals surface area (Å²) < 4.78 is 46.0. The summed E-state index contributed by atoms with van der Waals surface area (Å²) in [5.74, 6) is 0.594. The van der Waals surface area contributed by atoms with E-state index < -0.39 is 6.36 Å². The molecule has 6 heteroatoms. The fourth-order valence-corrected chi connectivity index (χ4v) is 3.58. The second kappa shape index (κ2) is 8.22. The molecular formula is C24H20F3NO2. The van der Waals surface area contributed by atoms with Crippen molar-refractivity contribution in [2.75, 3.05) is 7.11 Å². The molecule has 4 rings (SSSR count). The van der Waals surface area contributed by atoms with Crippen LogP contribution in [0.15, 0.2) is 77.8 Å². The molecule has 0 spiro atoms. The molecule has 0 aliphatic carbocycles. The van der Waals surface area contributed by atoms with E-state index in [4.69, 9.17) is 9.73 Å². The van der Waals surface area contributed by atoms with Crippen molar-refractivity contribution in [1.82, 2.24) is 0 Å². The van der Waals surface area contributed by atoms with Crippen LogP contribution >= 0.6 is 0 Å². The lowest BCUT2D eigenvalue weighted by Crippen LogP contribution is -2.16. The Kier molecular flexibility index (Phi) is 5.48. The van der Waals surface area contributed by atoms with Gasteiger partial charge in [-0.05, 0) is 71.5 Å². The van der Waals surface area contributed by atoms with Crippen molar-refractivity contribution in [2.45, 2.75) is 25.2 Å². The van der Waals surface area contributed by atoms with Gasteiger partial charge in [-0.2, -0.15) is 0 Å². The summed E-state index contributed by atoms with van der Waals surface area (Å²) in [6, 6.07) is 21.9. The topological polar surface area (TPSA) is 30.8 Å². The summed E-state index contributed by atoms with van der Waals surface area (Å²) in [6.45, 7) is 0. The van der Waals surface area contributed by atoms with Gasteiger partial charge in [0.05, 0.1) is 13.2 Å². The molecule has 1 heterocycles. The summed E-state index contributed by atoms with van der Waals surface area (Å²) in [4.78, 5) is 4.88. The minimum absolute atomic E-state index is 0.110. The van der Waals surface area contributed by atoms with E-state index in [0.717, 1.165) is 46.6 Å². The van der Waals surface area contributed by atoms with Crippen molar-refractivity contribution >= 4 is 5.71 Å². The Morgan fingerprint density at radius 3 is 1.87 bits per heavy atom. The highest BCUT2D eigenvalue weighted by atomic mass is 19.4. The van der Waals surface area contributed by atoms with E-state index in [1.807, 2.05) is 48.5 Å². The number of methoxy groups -OCH3 is 1. The summed E-state index contributed by atoms with van der Waals surface area (Å²) >= 11 is 0. The van der Waals surface area contributed by atoms with Gasteiger partial charge < -0.3 is 9.47 Å². The van der Waals surface area contributed by atoms with Crippen molar-refractivity contribution in [3.63, 3.8) is 0 Å². The monoisotopic (exact) mass is 411 g/mol. The van der Waals surface area contributed by atoms with Gasteiger partial charge in [0.2, 0.25) is 0 Å². The molecule has 0 saturated heterocycles. The summed E-state index contributed by atoms with van der Waals surface area (Å²) in [6.07, 6.45) is -2.82. The Labute approximate surface area is 172 Å². The number of rotatable bonds is 5. The summed E-state index contributed by atoms with van der Waals surface area (Å²) in [7, 11) is 1.65. The van der Waals surface area contributed by atoms with Crippen LogP contribution in [0, 0.1) is 0 Å². The zero-order chi connectivity index (χ0) is 21.1. The Hall–Kier alpha value is -3.28. The maximum absolute atomic E-state index is 12.3. The van der Waals surface area contributed by atoms with E-state index in [2.05, 4.69) is 4.74 Å². The second-order valence-corrected chi connectivity index (χ2v) is 7.05. The van der Waals surface area contributed by atoms with Crippen LogP contribution in [0.4, 0.5) is 13.2 Å². The van der Waals surface area contributed by atoms with Gasteiger partial charge in [-0.3, -0.25) is 4.99 Å². The molecule has 1 unspecified atom stereocenters. The minimum atomic E-state index is -4.68. The van der Waals surface area contributed by atoms with Crippen LogP contribution < -0.4 is 9.47 Å². The van der Waals surface area contributed by atoms with E-state index in [1.54, 1.807) is 19.2 Å². The van der Waals surface area contributed by atoms with Gasteiger partial charge in [-0.15, -0.1) is 13.2 Å². The van der Waals surface area contributed by atoms with Crippen molar-refractivity contribution in [3.05, 3.63) is 83.9 Å². The third-order valence-electron chi connectivity index (χ3n) is 5.11. The van der Waals surface area contributed by atoms with E-state index in [9.17, 15) is 13.2 Å². The van der Waals surface area contributed by atoms with E-state index in [1.165, 1.54) is 12.1 Å². The molecule has 154 valence electrons. The first-order valence-electron chi connectivity index (χ1n) is 9.58. The standard InChI is InChI=1S/C24H20F3NO2/c1-29-20-10-8-19(9-11-20)23-15-14-22(28-23)18-4-2-16(3-5-18)17-6-12-21(13-7-17)30-24(25,26)27/h2-13,22H,14-15H2,1H3. The predicted octanol–water partition coefficient (Wildman–Crippen LogP) is 6.59. The number of hydrogen-bond donors (Lipinski definition) is 0. The smallest absolute Gasteiger partial charge is 0.497 e. The molecule has 0 aromatic heterocycles. The van der Waals surface area contributed by atoms with Gasteiger partial charge in [0, 0.05) is 5.71 Å². The molecule has 0 amide bonds.